The zero-order chi connectivity index (χ0) is 18.4. The third kappa shape index (κ3) is 4.09. The van der Waals surface area contributed by atoms with E-state index in [1.54, 1.807) is 31.2 Å². The lowest BCUT2D eigenvalue weighted by atomic mass is 9.91. The molecule has 5 nitrogen and oxygen atoms in total. The third-order valence-corrected chi connectivity index (χ3v) is 4.02. The van der Waals surface area contributed by atoms with Gasteiger partial charge in [0.05, 0.1) is 24.1 Å². The number of hydrogen-bond donors (Lipinski definition) is 1. The van der Waals surface area contributed by atoms with Crippen LogP contribution in [0, 0.1) is 11.3 Å². The van der Waals surface area contributed by atoms with Crippen LogP contribution in [-0.2, 0) is 9.53 Å². The topological polar surface area (TPSA) is 65.8 Å². The molecular formula is C19H20FN3O2. The van der Waals surface area contributed by atoms with Crippen molar-refractivity contribution in [1.82, 2.24) is 0 Å². The Labute approximate surface area is 146 Å². The van der Waals surface area contributed by atoms with Gasteiger partial charge in [-0.3, -0.25) is 0 Å². The summed E-state index contributed by atoms with van der Waals surface area (Å²) in [6, 6.07) is 15.0. The van der Waals surface area contributed by atoms with Gasteiger partial charge in [0.15, 0.2) is 0 Å². The fraction of sp³-hybridized carbons (Fsp3) is 0.211. The van der Waals surface area contributed by atoms with Gasteiger partial charge < -0.3 is 4.74 Å². The fourth-order valence-corrected chi connectivity index (χ4v) is 2.68. The Kier molecular flexibility index (Phi) is 6.00. The minimum atomic E-state index is -0.515. The largest absolute Gasteiger partial charge is 0.466 e. The number of anilines is 1. The molecule has 0 aliphatic rings. The zero-order valence-electron chi connectivity index (χ0n) is 14.4. The van der Waals surface area contributed by atoms with Gasteiger partial charge in [0, 0.05) is 5.92 Å². The number of halogens is 1. The van der Waals surface area contributed by atoms with E-state index in [-0.39, 0.29) is 11.7 Å². The van der Waals surface area contributed by atoms with Crippen molar-refractivity contribution >= 4 is 11.7 Å². The Hall–Kier alpha value is -3.02. The van der Waals surface area contributed by atoms with Gasteiger partial charge in [0.1, 0.15) is 5.82 Å². The van der Waals surface area contributed by atoms with Gasteiger partial charge in [0.25, 0.3) is 0 Å². The highest BCUT2D eigenvalue weighted by atomic mass is 19.1. The van der Waals surface area contributed by atoms with E-state index >= 15 is 0 Å². The number of carbonyl (C=O) groups is 1. The number of nitrogens with zero attached hydrogens (tertiary/aromatic N) is 2. The first-order valence-corrected chi connectivity index (χ1v) is 7.76. The van der Waals surface area contributed by atoms with E-state index in [1.807, 2.05) is 25.1 Å². The number of hydrogen-bond acceptors (Lipinski definition) is 4. The number of methoxy groups -OCH3 is 1. The molecule has 0 amide bonds. The van der Waals surface area contributed by atoms with Gasteiger partial charge in [-0.05, 0) is 36.8 Å². The predicted octanol–water partition coefficient (Wildman–Crippen LogP) is 4.83. The van der Waals surface area contributed by atoms with Crippen LogP contribution >= 0.6 is 0 Å². The Balaban J connectivity index is 2.53. The van der Waals surface area contributed by atoms with Crippen LogP contribution in [0.4, 0.5) is 10.1 Å². The Morgan fingerprint density at radius 3 is 2.28 bits per heavy atom. The van der Waals surface area contributed by atoms with E-state index in [0.717, 1.165) is 5.56 Å². The van der Waals surface area contributed by atoms with Gasteiger partial charge >= 0.3 is 5.97 Å². The number of carbonyl (C=O) groups excluding carboxylic acids is 1. The molecule has 0 aliphatic heterocycles. The molecule has 25 heavy (non-hydrogen) atoms. The molecule has 2 aromatic rings. The maximum Gasteiger partial charge on any atom is 0.336 e. The Morgan fingerprint density at radius 1 is 1.16 bits per heavy atom. The van der Waals surface area contributed by atoms with E-state index in [4.69, 9.17) is 10.3 Å². The molecule has 130 valence electrons. The van der Waals surface area contributed by atoms with E-state index in [0.29, 0.717) is 17.0 Å². The molecule has 2 rings (SSSR count). The summed E-state index contributed by atoms with van der Waals surface area (Å²) >= 11 is 0. The van der Waals surface area contributed by atoms with Crippen LogP contribution < -0.4 is 5.01 Å². The number of allylic oxidation sites excluding steroid dienone is 1. The molecule has 1 atom stereocenters. The van der Waals surface area contributed by atoms with Crippen molar-refractivity contribution in [3.8, 4) is 0 Å². The first-order valence-electron chi connectivity index (χ1n) is 7.76. The first-order chi connectivity index (χ1) is 12.0. The summed E-state index contributed by atoms with van der Waals surface area (Å²) in [5, 5.41) is 4.91. The molecule has 2 aromatic carbocycles. The molecule has 0 aromatic heterocycles. The highest BCUT2D eigenvalue weighted by Gasteiger charge is 2.25. The second-order valence-corrected chi connectivity index (χ2v) is 5.51. The number of rotatable bonds is 6. The first kappa shape index (κ1) is 18.3. The molecule has 0 saturated heterocycles. The quantitative estimate of drug-likeness (QED) is 0.354. The second-order valence-electron chi connectivity index (χ2n) is 5.51. The number of nitrogens with one attached hydrogen (secondary N) is 1. The van der Waals surface area contributed by atoms with Gasteiger partial charge in [-0.15, -0.1) is 0 Å². The molecule has 1 N–H and O–H groups in total. The molecule has 0 aliphatic carbocycles. The average Bonchev–Trinajstić information content (AvgIpc) is 2.63. The highest BCUT2D eigenvalue weighted by Crippen LogP contribution is 2.31. The molecule has 1 unspecified atom stereocenters. The van der Waals surface area contributed by atoms with Gasteiger partial charge in [-0.2, -0.15) is 5.53 Å². The van der Waals surface area contributed by atoms with Crippen LogP contribution in [0.5, 0.6) is 0 Å². The standard InChI is InChI=1S/C19H20FN3O2/c1-13(15-9-11-16(20)12-10-15)18(19(24)25-3)14(2)23(22-21)17-7-5-4-6-8-17/h4-13,21H,1-3H3/b18-14+,22-21?. The smallest absolute Gasteiger partial charge is 0.336 e. The summed E-state index contributed by atoms with van der Waals surface area (Å²) in [5.74, 6) is -1.22. The van der Waals surface area contributed by atoms with Crippen molar-refractivity contribution in [2.24, 2.45) is 5.22 Å². The minimum absolute atomic E-state index is 0.344. The lowest BCUT2D eigenvalue weighted by molar-refractivity contribution is -0.136. The fourth-order valence-electron chi connectivity index (χ4n) is 2.68. The van der Waals surface area contributed by atoms with E-state index < -0.39 is 5.97 Å². The lowest BCUT2D eigenvalue weighted by Gasteiger charge is -2.24. The number of benzene rings is 2. The molecule has 0 spiro atoms. The maximum atomic E-state index is 13.2. The monoisotopic (exact) mass is 341 g/mol. The Bertz CT molecular complexity index is 773. The SMILES string of the molecule is COC(=O)/C(=C(\C)N(N=N)c1ccccc1)C(C)c1ccc(F)cc1. The van der Waals surface area contributed by atoms with Crippen LogP contribution in [0.2, 0.25) is 0 Å². The normalized spacial score (nSPS) is 12.8. The van der Waals surface area contributed by atoms with Crippen molar-refractivity contribution in [3.05, 3.63) is 77.2 Å². The molecule has 0 bridgehead atoms. The van der Waals surface area contributed by atoms with Crippen molar-refractivity contribution in [1.29, 1.82) is 5.53 Å². The van der Waals surface area contributed by atoms with Gasteiger partial charge in [-0.25, -0.2) is 14.2 Å². The number of para-hydroxylation sites is 1. The van der Waals surface area contributed by atoms with Crippen molar-refractivity contribution < 1.29 is 13.9 Å². The summed E-state index contributed by atoms with van der Waals surface area (Å²) in [7, 11) is 1.30. The van der Waals surface area contributed by atoms with E-state index in [9.17, 15) is 9.18 Å². The molecule has 0 saturated carbocycles. The van der Waals surface area contributed by atoms with Crippen LogP contribution in [0.3, 0.4) is 0 Å². The second kappa shape index (κ2) is 8.19. The molecule has 6 heteroatoms. The van der Waals surface area contributed by atoms with Crippen LogP contribution in [-0.4, -0.2) is 13.1 Å². The van der Waals surface area contributed by atoms with E-state index in [1.165, 1.54) is 24.3 Å². The summed E-state index contributed by atoms with van der Waals surface area (Å²) in [5.41, 5.74) is 9.76. The molecule has 0 heterocycles. The predicted molar refractivity (Wildman–Crippen MR) is 93.6 cm³/mol. The van der Waals surface area contributed by atoms with E-state index in [2.05, 4.69) is 5.22 Å². The number of esters is 1. The summed E-state index contributed by atoms with van der Waals surface area (Å²) in [4.78, 5) is 12.4. The average molecular weight is 341 g/mol. The summed E-state index contributed by atoms with van der Waals surface area (Å²) in [6.07, 6.45) is 0. The van der Waals surface area contributed by atoms with Crippen molar-refractivity contribution in [2.75, 3.05) is 12.1 Å². The third-order valence-electron chi connectivity index (χ3n) is 4.02. The van der Waals surface area contributed by atoms with Crippen molar-refractivity contribution in [3.63, 3.8) is 0 Å². The summed E-state index contributed by atoms with van der Waals surface area (Å²) in [6.45, 7) is 3.54. The van der Waals surface area contributed by atoms with Gasteiger partial charge in [0.2, 0.25) is 0 Å². The lowest BCUT2D eigenvalue weighted by Crippen LogP contribution is -2.21. The highest BCUT2D eigenvalue weighted by molar-refractivity contribution is 5.91. The van der Waals surface area contributed by atoms with Crippen LogP contribution in [0.1, 0.15) is 25.3 Å². The minimum Gasteiger partial charge on any atom is -0.466 e. The van der Waals surface area contributed by atoms with Crippen molar-refractivity contribution in [2.45, 2.75) is 19.8 Å². The molecule has 0 fully saturated rings. The Morgan fingerprint density at radius 2 is 1.76 bits per heavy atom. The maximum absolute atomic E-state index is 13.2. The molecule has 0 radical (unpaired) electrons. The van der Waals surface area contributed by atoms with Crippen LogP contribution in [0.15, 0.2) is 71.1 Å². The number of ether oxygens (including phenoxy) is 1. The van der Waals surface area contributed by atoms with Gasteiger partial charge in [-0.1, -0.05) is 42.5 Å². The zero-order valence-corrected chi connectivity index (χ0v) is 14.4. The molecular weight excluding hydrogens is 321 g/mol. The summed E-state index contributed by atoms with van der Waals surface area (Å²) < 4.78 is 18.1. The van der Waals surface area contributed by atoms with Crippen LogP contribution in [0.25, 0.3) is 0 Å².